The van der Waals surface area contributed by atoms with Gasteiger partial charge >= 0.3 is 12.1 Å². The largest absolute Gasteiger partial charge is 0.449 e. The van der Waals surface area contributed by atoms with E-state index in [2.05, 4.69) is 12.1 Å². The van der Waals surface area contributed by atoms with Crippen LogP contribution in [0.2, 0.25) is 0 Å². The first-order chi connectivity index (χ1) is 13.5. The molecule has 1 unspecified atom stereocenters. The van der Waals surface area contributed by atoms with Gasteiger partial charge in [-0.3, -0.25) is 8.51 Å². The predicted molar refractivity (Wildman–Crippen MR) is 120 cm³/mol. The van der Waals surface area contributed by atoms with Crippen LogP contribution in [0.15, 0.2) is 16.3 Å². The second-order valence-electron chi connectivity index (χ2n) is 7.67. The molecule has 0 aliphatic rings. The topological polar surface area (TPSA) is 91.7 Å². The smallest absolute Gasteiger partial charge is 0.420 e. The lowest BCUT2D eigenvalue weighted by atomic mass is 9.95. The molecule has 0 spiro atoms. The summed E-state index contributed by atoms with van der Waals surface area (Å²) in [4.78, 5) is 12.1. The molecule has 0 rings (SSSR count). The molecule has 0 bridgehead atoms. The summed E-state index contributed by atoms with van der Waals surface area (Å²) in [6.07, 6.45) is 7.72. The van der Waals surface area contributed by atoms with Gasteiger partial charge in [-0.1, -0.05) is 59.8 Å². The maximum absolute atomic E-state index is 12.1. The quantitative estimate of drug-likeness (QED) is 0.0905. The van der Waals surface area contributed by atoms with E-state index in [1.165, 1.54) is 39.5 Å². The first kappa shape index (κ1) is 27.6. The lowest BCUT2D eigenvalue weighted by molar-refractivity contribution is 0.130. The van der Waals surface area contributed by atoms with E-state index in [1.54, 1.807) is 14.1 Å². The van der Waals surface area contributed by atoms with E-state index >= 15 is 0 Å². The zero-order valence-electron chi connectivity index (χ0n) is 18.8. The van der Waals surface area contributed by atoms with Crippen molar-refractivity contribution in [2.45, 2.75) is 66.2 Å². The predicted octanol–water partition coefficient (Wildman–Crippen LogP) is 4.94. The van der Waals surface area contributed by atoms with Crippen LogP contribution in [-0.2, 0) is 20.3 Å². The molecule has 0 saturated heterocycles. The minimum absolute atomic E-state index is 0.141. The highest BCUT2D eigenvalue weighted by Crippen LogP contribution is 2.28. The summed E-state index contributed by atoms with van der Waals surface area (Å²) >= 11 is 0.960. The number of amides is 1. The highest BCUT2D eigenvalue weighted by atomic mass is 32.2. The Morgan fingerprint density at radius 2 is 1.72 bits per heavy atom. The Morgan fingerprint density at radius 3 is 2.24 bits per heavy atom. The van der Waals surface area contributed by atoms with Crippen molar-refractivity contribution in [1.29, 1.82) is 0 Å². The number of hydrogen-bond donors (Lipinski definition) is 1. The van der Waals surface area contributed by atoms with Crippen LogP contribution >= 0.6 is 12.1 Å². The third-order valence-electron chi connectivity index (χ3n) is 3.79. The molecule has 10 heteroatoms. The van der Waals surface area contributed by atoms with Crippen molar-refractivity contribution >= 4 is 35.0 Å². The normalized spacial score (nSPS) is 13.8. The van der Waals surface area contributed by atoms with Gasteiger partial charge < -0.3 is 14.7 Å². The summed E-state index contributed by atoms with van der Waals surface area (Å²) < 4.78 is 25.1. The van der Waals surface area contributed by atoms with Crippen LogP contribution in [-0.4, -0.2) is 57.1 Å². The molecule has 0 aromatic rings. The van der Waals surface area contributed by atoms with Gasteiger partial charge in [0.15, 0.2) is 0 Å². The molecule has 1 atom stereocenters. The van der Waals surface area contributed by atoms with Gasteiger partial charge in [0.1, 0.15) is 5.76 Å². The van der Waals surface area contributed by atoms with E-state index in [1.807, 2.05) is 20.8 Å². The van der Waals surface area contributed by atoms with Crippen molar-refractivity contribution in [3.63, 3.8) is 0 Å². The van der Waals surface area contributed by atoms with Gasteiger partial charge in [0.25, 0.3) is 0 Å². The molecule has 0 heterocycles. The first-order valence-corrected chi connectivity index (χ1v) is 12.1. The maximum Gasteiger partial charge on any atom is 0.420 e. The monoisotopic (exact) mass is 451 g/mol. The molecule has 8 nitrogen and oxygen atoms in total. The van der Waals surface area contributed by atoms with Crippen LogP contribution in [0.3, 0.4) is 0 Å². The lowest BCUT2D eigenvalue weighted by Crippen LogP contribution is -2.32. The minimum Gasteiger partial charge on any atom is -0.449 e. The highest BCUT2D eigenvalue weighted by molar-refractivity contribution is 7.95. The number of unbranched alkanes of at least 4 members (excludes halogenated alkanes) is 5. The van der Waals surface area contributed by atoms with Crippen molar-refractivity contribution in [2.75, 3.05) is 27.0 Å². The van der Waals surface area contributed by atoms with Crippen LogP contribution in [0.5, 0.6) is 0 Å². The molecule has 0 fully saturated rings. The Balaban J connectivity index is 4.60. The summed E-state index contributed by atoms with van der Waals surface area (Å²) in [5, 5.41) is 13.9. The Labute approximate surface area is 182 Å². The molecule has 1 amide bonds. The molecule has 170 valence electrons. The molecule has 0 aliphatic heterocycles. The standard InChI is InChI=1S/C19H37N3O5S2/c1-8-9-10-11-12-13-14-26-18(23)22(6)28-21(5)17(20-24)27-16(15-29(7)25)19(2,3)4/h15,24H,8-14H2,1-7H3. The number of rotatable bonds is 11. The molecular weight excluding hydrogens is 414 g/mol. The highest BCUT2D eigenvalue weighted by Gasteiger charge is 2.25. The van der Waals surface area contributed by atoms with Crippen molar-refractivity contribution in [3.05, 3.63) is 11.2 Å². The fourth-order valence-corrected chi connectivity index (χ4v) is 3.47. The van der Waals surface area contributed by atoms with Gasteiger partial charge in [0.05, 0.1) is 18.7 Å². The average Bonchev–Trinajstić information content (AvgIpc) is 2.62. The number of amidine groups is 1. The van der Waals surface area contributed by atoms with Crippen molar-refractivity contribution < 1.29 is 23.7 Å². The van der Waals surface area contributed by atoms with Gasteiger partial charge in [-0.25, -0.2) is 9.10 Å². The fourth-order valence-electron chi connectivity index (χ4n) is 2.14. The SMILES string of the molecule is CCCCCCCCOC(=O)N(C)SN(C)C(=NO)OC(=CS(C)=O)C(C)(C)C. The lowest BCUT2D eigenvalue weighted by Gasteiger charge is -2.27. The molecule has 0 aliphatic carbocycles. The van der Waals surface area contributed by atoms with Crippen LogP contribution in [0, 0.1) is 5.41 Å². The second-order valence-corrected chi connectivity index (χ2v) is 10.2. The van der Waals surface area contributed by atoms with E-state index in [-0.39, 0.29) is 6.02 Å². The van der Waals surface area contributed by atoms with Crippen LogP contribution in [0.1, 0.15) is 66.2 Å². The third kappa shape index (κ3) is 12.7. The minimum atomic E-state index is -1.23. The average molecular weight is 452 g/mol. The van der Waals surface area contributed by atoms with Crippen molar-refractivity contribution in [1.82, 2.24) is 8.61 Å². The molecule has 29 heavy (non-hydrogen) atoms. The van der Waals surface area contributed by atoms with E-state index in [9.17, 15) is 14.2 Å². The molecule has 1 N–H and O–H groups in total. The van der Waals surface area contributed by atoms with Crippen LogP contribution in [0.4, 0.5) is 4.79 Å². The summed E-state index contributed by atoms with van der Waals surface area (Å²) in [7, 11) is 1.91. The maximum atomic E-state index is 12.1. The van der Waals surface area contributed by atoms with Crippen molar-refractivity contribution in [2.24, 2.45) is 10.6 Å². The number of hydrogen-bond acceptors (Lipinski definition) is 7. The summed E-state index contributed by atoms with van der Waals surface area (Å²) in [6, 6.07) is -0.141. The summed E-state index contributed by atoms with van der Waals surface area (Å²) in [5.41, 5.74) is -0.449. The number of nitrogens with zero attached hydrogens (tertiary/aromatic N) is 3. The van der Waals surface area contributed by atoms with Crippen molar-refractivity contribution in [3.8, 4) is 0 Å². The zero-order chi connectivity index (χ0) is 22.4. The Hall–Kier alpha value is -1.42. The number of ether oxygens (including phenoxy) is 2. The second kappa shape index (κ2) is 14.5. The molecule has 0 saturated carbocycles. The fraction of sp³-hybridized carbons (Fsp3) is 0.789. The first-order valence-electron chi connectivity index (χ1n) is 9.79. The summed E-state index contributed by atoms with van der Waals surface area (Å²) in [6.45, 7) is 8.21. The van der Waals surface area contributed by atoms with Crippen LogP contribution < -0.4 is 0 Å². The van der Waals surface area contributed by atoms with E-state index < -0.39 is 22.3 Å². The number of carbonyl (C=O) groups is 1. The van der Waals surface area contributed by atoms with E-state index in [0.29, 0.717) is 12.4 Å². The number of oxime groups is 1. The summed E-state index contributed by atoms with van der Waals surface area (Å²) in [5.74, 6) is 0.395. The van der Waals surface area contributed by atoms with Gasteiger partial charge in [-0.2, -0.15) is 0 Å². The number of carbonyl (C=O) groups excluding carboxylic acids is 1. The van der Waals surface area contributed by atoms with Crippen LogP contribution in [0.25, 0.3) is 0 Å². The third-order valence-corrected chi connectivity index (χ3v) is 5.14. The molecular formula is C19H37N3O5S2. The Bertz CT molecular complexity index is 577. The molecule has 0 aromatic heterocycles. The van der Waals surface area contributed by atoms with E-state index in [0.717, 1.165) is 31.4 Å². The zero-order valence-corrected chi connectivity index (χ0v) is 20.4. The number of allylic oxidation sites excluding steroid dienone is 1. The van der Waals surface area contributed by atoms with E-state index in [4.69, 9.17) is 9.47 Å². The Kier molecular flexibility index (Phi) is 13.8. The van der Waals surface area contributed by atoms with Gasteiger partial charge in [-0.15, -0.1) is 0 Å². The van der Waals surface area contributed by atoms with Gasteiger partial charge in [0.2, 0.25) is 0 Å². The molecule has 0 radical (unpaired) electrons. The Morgan fingerprint density at radius 1 is 1.14 bits per heavy atom. The van der Waals surface area contributed by atoms with Gasteiger partial charge in [-0.05, 0) is 11.6 Å². The van der Waals surface area contributed by atoms with Gasteiger partial charge in [0, 0.05) is 42.0 Å². The molecule has 0 aromatic carbocycles.